The van der Waals surface area contributed by atoms with E-state index >= 15 is 0 Å². The van der Waals surface area contributed by atoms with Gasteiger partial charge in [0.1, 0.15) is 19.0 Å². The lowest BCUT2D eigenvalue weighted by molar-refractivity contribution is -0.192. The van der Waals surface area contributed by atoms with Crippen LogP contribution in [0, 0.1) is 0 Å². The van der Waals surface area contributed by atoms with E-state index < -0.39 is 43.8 Å². The van der Waals surface area contributed by atoms with Crippen molar-refractivity contribution < 1.29 is 52.0 Å². The second-order valence-corrected chi connectivity index (χ2v) is 5.97. The molecular formula is C17H17F4N5O7. The Kier molecular flexibility index (Phi) is 10.5. The summed E-state index contributed by atoms with van der Waals surface area (Å²) in [6, 6.07) is 4.79. The predicted molar refractivity (Wildman–Crippen MR) is 98.8 cm³/mol. The number of nitrogens with zero attached hydrogens (tertiary/aromatic N) is 5. The van der Waals surface area contributed by atoms with Crippen molar-refractivity contribution in [2.45, 2.75) is 12.7 Å². The maximum Gasteiger partial charge on any atom is 0.490 e. The predicted octanol–water partition coefficient (Wildman–Crippen LogP) is 0.886. The number of alkyl halides is 4. The number of hydrogen-bond acceptors (Lipinski definition) is 9. The van der Waals surface area contributed by atoms with Crippen molar-refractivity contribution in [3.63, 3.8) is 0 Å². The average Bonchev–Trinajstić information content (AvgIpc) is 2.72. The molecule has 0 radical (unpaired) electrons. The van der Waals surface area contributed by atoms with E-state index in [0.29, 0.717) is 11.1 Å². The SMILES string of the molecule is O=C(O)C(F)(F)F.O=C(O)CN(CC(=O)O)Cc1ccc(-c2nncnn2)cc1OCCF. The van der Waals surface area contributed by atoms with Crippen LogP contribution in [0.15, 0.2) is 24.5 Å². The van der Waals surface area contributed by atoms with E-state index in [4.69, 9.17) is 24.9 Å². The lowest BCUT2D eigenvalue weighted by Gasteiger charge is -2.20. The molecule has 0 saturated heterocycles. The minimum atomic E-state index is -5.08. The number of carbonyl (C=O) groups is 3. The van der Waals surface area contributed by atoms with Crippen molar-refractivity contribution in [2.24, 2.45) is 0 Å². The molecule has 0 aliphatic carbocycles. The minimum absolute atomic E-state index is 0.00730. The van der Waals surface area contributed by atoms with E-state index in [9.17, 15) is 27.2 Å². The topological polar surface area (TPSA) is 176 Å². The zero-order chi connectivity index (χ0) is 25.0. The first-order chi connectivity index (χ1) is 15.4. The number of ether oxygens (including phenoxy) is 1. The highest BCUT2D eigenvalue weighted by Gasteiger charge is 2.38. The highest BCUT2D eigenvalue weighted by Crippen LogP contribution is 2.26. The Hall–Kier alpha value is -3.95. The molecule has 2 rings (SSSR count). The van der Waals surface area contributed by atoms with Crippen LogP contribution in [0.4, 0.5) is 17.6 Å². The number of hydrogen-bond donors (Lipinski definition) is 3. The lowest BCUT2D eigenvalue weighted by atomic mass is 10.1. The summed E-state index contributed by atoms with van der Waals surface area (Å²) >= 11 is 0. The minimum Gasteiger partial charge on any atom is -0.491 e. The van der Waals surface area contributed by atoms with Crippen molar-refractivity contribution in [1.82, 2.24) is 25.3 Å². The fourth-order valence-corrected chi connectivity index (χ4v) is 2.22. The van der Waals surface area contributed by atoms with Gasteiger partial charge in [-0.2, -0.15) is 13.2 Å². The lowest BCUT2D eigenvalue weighted by Crippen LogP contribution is -2.34. The highest BCUT2D eigenvalue weighted by atomic mass is 19.4. The summed E-state index contributed by atoms with van der Waals surface area (Å²) in [5.41, 5.74) is 1.02. The molecule has 33 heavy (non-hydrogen) atoms. The molecule has 3 N–H and O–H groups in total. The first kappa shape index (κ1) is 27.1. The molecule has 0 atom stereocenters. The largest absolute Gasteiger partial charge is 0.491 e. The van der Waals surface area contributed by atoms with Gasteiger partial charge in [0.05, 0.1) is 13.1 Å². The summed E-state index contributed by atoms with van der Waals surface area (Å²) < 4.78 is 49.6. The highest BCUT2D eigenvalue weighted by molar-refractivity contribution is 5.73. The third-order valence-corrected chi connectivity index (χ3v) is 3.42. The molecule has 16 heteroatoms. The second kappa shape index (κ2) is 12.8. The van der Waals surface area contributed by atoms with E-state index in [1.54, 1.807) is 18.2 Å². The van der Waals surface area contributed by atoms with Gasteiger partial charge in [0.2, 0.25) is 5.82 Å². The van der Waals surface area contributed by atoms with Crippen LogP contribution in [0.2, 0.25) is 0 Å². The van der Waals surface area contributed by atoms with Crippen molar-refractivity contribution in [3.8, 4) is 17.1 Å². The van der Waals surface area contributed by atoms with Gasteiger partial charge in [-0.15, -0.1) is 20.4 Å². The fraction of sp³-hybridized carbons (Fsp3) is 0.353. The van der Waals surface area contributed by atoms with Crippen LogP contribution >= 0.6 is 0 Å². The molecule has 0 aliphatic rings. The molecule has 0 aliphatic heterocycles. The molecule has 2 aromatic rings. The van der Waals surface area contributed by atoms with E-state index in [0.717, 1.165) is 0 Å². The number of carboxylic acids is 3. The van der Waals surface area contributed by atoms with Crippen LogP contribution < -0.4 is 4.74 Å². The summed E-state index contributed by atoms with van der Waals surface area (Å²) in [4.78, 5) is 32.0. The van der Waals surface area contributed by atoms with Gasteiger partial charge < -0.3 is 20.1 Å². The smallest absolute Gasteiger partial charge is 0.490 e. The summed E-state index contributed by atoms with van der Waals surface area (Å²) in [6.07, 6.45) is -3.91. The Morgan fingerprint density at radius 2 is 1.55 bits per heavy atom. The van der Waals surface area contributed by atoms with Crippen LogP contribution in [0.3, 0.4) is 0 Å². The van der Waals surface area contributed by atoms with E-state index in [-0.39, 0.29) is 24.7 Å². The van der Waals surface area contributed by atoms with E-state index in [1.165, 1.54) is 11.2 Å². The van der Waals surface area contributed by atoms with Gasteiger partial charge in [0, 0.05) is 17.7 Å². The van der Waals surface area contributed by atoms with Gasteiger partial charge in [-0.25, -0.2) is 9.18 Å². The Morgan fingerprint density at radius 1 is 1.00 bits per heavy atom. The number of aromatic nitrogens is 4. The van der Waals surface area contributed by atoms with Crippen LogP contribution in [0.1, 0.15) is 5.56 Å². The number of benzene rings is 1. The van der Waals surface area contributed by atoms with Crippen LogP contribution in [0.25, 0.3) is 11.4 Å². The second-order valence-electron chi connectivity index (χ2n) is 5.97. The maximum atomic E-state index is 12.5. The first-order valence-electron chi connectivity index (χ1n) is 8.72. The third-order valence-electron chi connectivity index (χ3n) is 3.42. The van der Waals surface area contributed by atoms with E-state index in [1.807, 2.05) is 0 Å². The fourth-order valence-electron chi connectivity index (χ4n) is 2.22. The molecule has 0 amide bonds. The Morgan fingerprint density at radius 3 is 2.00 bits per heavy atom. The summed E-state index contributed by atoms with van der Waals surface area (Å²) in [6.45, 7) is -1.87. The molecule has 0 unspecified atom stereocenters. The van der Waals surface area contributed by atoms with Crippen molar-refractivity contribution in [1.29, 1.82) is 0 Å². The maximum absolute atomic E-state index is 12.5. The van der Waals surface area contributed by atoms with E-state index in [2.05, 4.69) is 20.4 Å². The molecule has 180 valence electrons. The molecular weight excluding hydrogens is 462 g/mol. The van der Waals surface area contributed by atoms with Gasteiger partial charge in [-0.3, -0.25) is 14.5 Å². The number of aliphatic carboxylic acids is 3. The van der Waals surface area contributed by atoms with Gasteiger partial charge in [0.25, 0.3) is 0 Å². The van der Waals surface area contributed by atoms with Crippen molar-refractivity contribution >= 4 is 17.9 Å². The van der Waals surface area contributed by atoms with Crippen LogP contribution in [-0.2, 0) is 20.9 Å². The molecule has 0 fully saturated rings. The Bertz CT molecular complexity index is 931. The zero-order valence-electron chi connectivity index (χ0n) is 16.6. The molecule has 12 nitrogen and oxygen atoms in total. The number of rotatable bonds is 10. The molecule has 0 saturated carbocycles. The molecule has 1 aromatic carbocycles. The molecule has 0 bridgehead atoms. The normalized spacial score (nSPS) is 10.8. The van der Waals surface area contributed by atoms with Crippen molar-refractivity contribution in [3.05, 3.63) is 30.1 Å². The van der Waals surface area contributed by atoms with Gasteiger partial charge in [-0.1, -0.05) is 12.1 Å². The van der Waals surface area contributed by atoms with Crippen molar-refractivity contribution in [2.75, 3.05) is 26.4 Å². The summed E-state index contributed by atoms with van der Waals surface area (Å²) in [7, 11) is 0. The average molecular weight is 479 g/mol. The molecule has 1 aromatic heterocycles. The number of carboxylic acid groups (broad SMARTS) is 3. The summed E-state index contributed by atoms with van der Waals surface area (Å²) in [5, 5.41) is 39.9. The Balaban J connectivity index is 0.000000675. The van der Waals surface area contributed by atoms with Gasteiger partial charge in [0.15, 0.2) is 6.33 Å². The molecule has 1 heterocycles. The van der Waals surface area contributed by atoms with Crippen LogP contribution in [0.5, 0.6) is 5.75 Å². The van der Waals surface area contributed by atoms with Gasteiger partial charge >= 0.3 is 24.1 Å². The van der Waals surface area contributed by atoms with Gasteiger partial charge in [-0.05, 0) is 6.07 Å². The van der Waals surface area contributed by atoms with Crippen LogP contribution in [-0.4, -0.2) is 91.1 Å². The zero-order valence-corrected chi connectivity index (χ0v) is 16.6. The third kappa shape index (κ3) is 10.3. The monoisotopic (exact) mass is 479 g/mol. The summed E-state index contributed by atoms with van der Waals surface area (Å²) in [5.74, 6) is -4.58. The molecule has 0 spiro atoms. The number of halogens is 4. The Labute approximate surface area is 182 Å². The standard InChI is InChI=1S/C15H16FN5O5.C2HF3O2/c16-3-4-26-12-5-10(15-19-17-9-18-20-15)1-2-11(12)6-21(7-13(22)23)8-14(24)25;3-2(4,5)1(6)7/h1-2,5,9H,3-4,6-8H2,(H,22,23)(H,24,25);(H,6,7). The quantitative estimate of drug-likeness (QED) is 0.411. The first-order valence-corrected chi connectivity index (χ1v) is 8.72.